The van der Waals surface area contributed by atoms with Gasteiger partial charge in [-0.2, -0.15) is 5.10 Å². The van der Waals surface area contributed by atoms with Crippen molar-refractivity contribution in [3.8, 4) is 5.69 Å². The minimum atomic E-state index is -0.369. The zero-order valence-corrected chi connectivity index (χ0v) is 16.7. The summed E-state index contributed by atoms with van der Waals surface area (Å²) in [5.74, 6) is -0.236. The van der Waals surface area contributed by atoms with Crippen LogP contribution in [0.15, 0.2) is 85.3 Å². The van der Waals surface area contributed by atoms with Crippen molar-refractivity contribution in [2.24, 2.45) is 0 Å². The number of rotatable bonds is 5. The molecule has 8 nitrogen and oxygen atoms in total. The molecule has 0 aliphatic rings. The number of carbonyl (C=O) groups is 2. The SMILES string of the molecule is Cc1cc(NC(=O)c2cccc(-n3cc(NC(=O)Nc4ccccc4)cn3)c2)ccn1. The molecule has 0 fully saturated rings. The van der Waals surface area contributed by atoms with Crippen LogP contribution in [0.2, 0.25) is 0 Å². The first kappa shape index (κ1) is 19.8. The number of nitrogens with one attached hydrogen (secondary N) is 3. The Morgan fingerprint density at radius 1 is 0.839 bits per heavy atom. The summed E-state index contributed by atoms with van der Waals surface area (Å²) in [5, 5.41) is 12.6. The predicted molar refractivity (Wildman–Crippen MR) is 120 cm³/mol. The fourth-order valence-electron chi connectivity index (χ4n) is 2.96. The molecule has 2 aromatic carbocycles. The van der Waals surface area contributed by atoms with Crippen LogP contribution >= 0.6 is 0 Å². The number of hydrogen-bond acceptors (Lipinski definition) is 4. The van der Waals surface area contributed by atoms with E-state index in [1.54, 1.807) is 59.5 Å². The van der Waals surface area contributed by atoms with Gasteiger partial charge in [0, 0.05) is 28.8 Å². The van der Waals surface area contributed by atoms with E-state index in [-0.39, 0.29) is 11.9 Å². The van der Waals surface area contributed by atoms with E-state index in [4.69, 9.17) is 0 Å². The summed E-state index contributed by atoms with van der Waals surface area (Å²) in [4.78, 5) is 28.9. The van der Waals surface area contributed by atoms with Crippen molar-refractivity contribution in [2.45, 2.75) is 6.92 Å². The summed E-state index contributed by atoms with van der Waals surface area (Å²) >= 11 is 0. The van der Waals surface area contributed by atoms with E-state index < -0.39 is 0 Å². The van der Waals surface area contributed by atoms with Gasteiger partial charge < -0.3 is 16.0 Å². The Morgan fingerprint density at radius 3 is 2.45 bits per heavy atom. The Kier molecular flexibility index (Phi) is 5.70. The topological polar surface area (TPSA) is 101 Å². The van der Waals surface area contributed by atoms with Crippen LogP contribution < -0.4 is 16.0 Å². The van der Waals surface area contributed by atoms with Crippen molar-refractivity contribution >= 4 is 29.0 Å². The van der Waals surface area contributed by atoms with Crippen LogP contribution in [0.3, 0.4) is 0 Å². The zero-order chi connectivity index (χ0) is 21.6. The summed E-state index contributed by atoms with van der Waals surface area (Å²) in [7, 11) is 0. The first-order valence-electron chi connectivity index (χ1n) is 9.59. The van der Waals surface area contributed by atoms with E-state index >= 15 is 0 Å². The van der Waals surface area contributed by atoms with E-state index in [0.29, 0.717) is 28.3 Å². The Hall–Kier alpha value is -4.46. The molecule has 0 saturated heterocycles. The molecule has 31 heavy (non-hydrogen) atoms. The zero-order valence-electron chi connectivity index (χ0n) is 16.7. The van der Waals surface area contributed by atoms with Crippen molar-refractivity contribution < 1.29 is 9.59 Å². The summed E-state index contributed by atoms with van der Waals surface area (Å²) in [5.41, 5.74) is 3.89. The van der Waals surface area contributed by atoms with Crippen molar-refractivity contribution in [1.29, 1.82) is 0 Å². The van der Waals surface area contributed by atoms with Crippen LogP contribution in [0, 0.1) is 6.92 Å². The summed E-state index contributed by atoms with van der Waals surface area (Å²) in [6, 6.07) is 19.4. The Balaban J connectivity index is 1.44. The highest BCUT2D eigenvalue weighted by Crippen LogP contribution is 2.16. The lowest BCUT2D eigenvalue weighted by atomic mass is 10.2. The molecule has 0 atom stereocenters. The molecule has 0 bridgehead atoms. The van der Waals surface area contributed by atoms with Gasteiger partial charge in [-0.15, -0.1) is 0 Å². The van der Waals surface area contributed by atoms with Gasteiger partial charge in [0.25, 0.3) is 5.91 Å². The van der Waals surface area contributed by atoms with Gasteiger partial charge in [-0.05, 0) is 49.4 Å². The van der Waals surface area contributed by atoms with Gasteiger partial charge in [-0.25, -0.2) is 9.48 Å². The fourth-order valence-corrected chi connectivity index (χ4v) is 2.96. The van der Waals surface area contributed by atoms with Gasteiger partial charge in [0.1, 0.15) is 0 Å². The number of pyridine rings is 1. The molecular formula is C23H20N6O2. The molecule has 0 radical (unpaired) electrons. The number of urea groups is 1. The third-order valence-electron chi connectivity index (χ3n) is 4.40. The molecule has 4 aromatic rings. The molecule has 2 heterocycles. The Labute approximate surface area is 178 Å². The average Bonchev–Trinajstić information content (AvgIpc) is 3.23. The number of amides is 3. The molecule has 0 aliphatic carbocycles. The molecular weight excluding hydrogens is 392 g/mol. The van der Waals surface area contributed by atoms with Gasteiger partial charge in [-0.3, -0.25) is 9.78 Å². The number of anilines is 3. The lowest BCUT2D eigenvalue weighted by molar-refractivity contribution is 0.102. The maximum Gasteiger partial charge on any atom is 0.323 e. The van der Waals surface area contributed by atoms with Gasteiger partial charge in [0.15, 0.2) is 0 Å². The highest BCUT2D eigenvalue weighted by atomic mass is 16.2. The Morgan fingerprint density at radius 2 is 1.65 bits per heavy atom. The van der Waals surface area contributed by atoms with Crippen molar-refractivity contribution in [3.63, 3.8) is 0 Å². The first-order valence-corrected chi connectivity index (χ1v) is 9.59. The van der Waals surface area contributed by atoms with Crippen molar-refractivity contribution in [1.82, 2.24) is 14.8 Å². The smallest absolute Gasteiger partial charge is 0.322 e. The van der Waals surface area contributed by atoms with Crippen LogP contribution in [0.5, 0.6) is 0 Å². The standard InChI is InChI=1S/C23H20N6O2/c1-16-12-19(10-11-24-16)26-22(30)17-6-5-9-21(13-17)29-15-20(14-25-29)28-23(31)27-18-7-3-2-4-8-18/h2-15H,1H3,(H,24,26,30)(H2,27,28,31). The lowest BCUT2D eigenvalue weighted by Gasteiger charge is -2.08. The maximum atomic E-state index is 12.6. The van der Waals surface area contributed by atoms with Crippen molar-refractivity contribution in [3.05, 3.63) is 96.6 Å². The molecule has 0 saturated carbocycles. The minimum absolute atomic E-state index is 0.236. The van der Waals surface area contributed by atoms with Gasteiger partial charge in [0.05, 0.1) is 23.8 Å². The number of nitrogens with zero attached hydrogens (tertiary/aromatic N) is 3. The fraction of sp³-hybridized carbons (Fsp3) is 0.0435. The quantitative estimate of drug-likeness (QED) is 0.450. The molecule has 0 aliphatic heterocycles. The van der Waals surface area contributed by atoms with E-state index in [1.165, 1.54) is 6.20 Å². The molecule has 3 amide bonds. The molecule has 3 N–H and O–H groups in total. The minimum Gasteiger partial charge on any atom is -0.322 e. The summed E-state index contributed by atoms with van der Waals surface area (Å²) in [6.07, 6.45) is 4.86. The van der Waals surface area contributed by atoms with Crippen LogP contribution in [0.4, 0.5) is 21.9 Å². The van der Waals surface area contributed by atoms with Gasteiger partial charge in [-0.1, -0.05) is 24.3 Å². The predicted octanol–water partition coefficient (Wildman–Crippen LogP) is 4.47. The van der Waals surface area contributed by atoms with E-state index in [2.05, 4.69) is 26.0 Å². The maximum absolute atomic E-state index is 12.6. The largest absolute Gasteiger partial charge is 0.323 e. The number of para-hydroxylation sites is 1. The normalized spacial score (nSPS) is 10.4. The molecule has 0 spiro atoms. The number of hydrogen-bond donors (Lipinski definition) is 3. The summed E-state index contributed by atoms with van der Waals surface area (Å²) < 4.78 is 1.59. The van der Waals surface area contributed by atoms with Crippen LogP contribution in [0.25, 0.3) is 5.69 Å². The number of aromatic nitrogens is 3. The summed E-state index contributed by atoms with van der Waals surface area (Å²) in [6.45, 7) is 1.86. The molecule has 154 valence electrons. The second-order valence-electron chi connectivity index (χ2n) is 6.81. The van der Waals surface area contributed by atoms with Crippen LogP contribution in [-0.2, 0) is 0 Å². The number of aryl methyl sites for hydroxylation is 1. The monoisotopic (exact) mass is 412 g/mol. The van der Waals surface area contributed by atoms with Crippen LogP contribution in [-0.4, -0.2) is 26.7 Å². The first-order chi connectivity index (χ1) is 15.1. The van der Waals surface area contributed by atoms with E-state index in [1.807, 2.05) is 31.2 Å². The highest BCUT2D eigenvalue weighted by Gasteiger charge is 2.10. The molecule has 8 heteroatoms. The number of carbonyl (C=O) groups excluding carboxylic acids is 2. The molecule has 4 rings (SSSR count). The molecule has 0 unspecified atom stereocenters. The van der Waals surface area contributed by atoms with E-state index in [0.717, 1.165) is 5.69 Å². The lowest BCUT2D eigenvalue weighted by Crippen LogP contribution is -2.18. The van der Waals surface area contributed by atoms with Gasteiger partial charge in [0.2, 0.25) is 0 Å². The van der Waals surface area contributed by atoms with Crippen LogP contribution in [0.1, 0.15) is 16.1 Å². The van der Waals surface area contributed by atoms with Gasteiger partial charge >= 0.3 is 6.03 Å². The number of benzene rings is 2. The molecule has 2 aromatic heterocycles. The average molecular weight is 412 g/mol. The highest BCUT2D eigenvalue weighted by molar-refractivity contribution is 6.04. The van der Waals surface area contributed by atoms with Crippen molar-refractivity contribution in [2.75, 3.05) is 16.0 Å². The third kappa shape index (κ3) is 5.13. The second-order valence-corrected chi connectivity index (χ2v) is 6.81. The third-order valence-corrected chi connectivity index (χ3v) is 4.40. The Bertz CT molecular complexity index is 1220. The second kappa shape index (κ2) is 8.91. The van der Waals surface area contributed by atoms with E-state index in [9.17, 15) is 9.59 Å².